The summed E-state index contributed by atoms with van der Waals surface area (Å²) in [5.74, 6) is 0.0284. The number of rotatable bonds is 5. The Morgan fingerprint density at radius 3 is 2.57 bits per heavy atom. The number of carbonyl (C=O) groups excluding carboxylic acids is 1. The molecule has 1 aromatic carbocycles. The van der Waals surface area contributed by atoms with E-state index >= 15 is 0 Å². The maximum atomic E-state index is 12.8. The van der Waals surface area contributed by atoms with Crippen molar-refractivity contribution in [1.82, 2.24) is 5.32 Å². The average molecular weight is 385 g/mol. The van der Waals surface area contributed by atoms with Gasteiger partial charge in [0.15, 0.2) is 0 Å². The van der Waals surface area contributed by atoms with Gasteiger partial charge in [-0.1, -0.05) is 15.9 Å². The Hall–Kier alpha value is -0.750. The summed E-state index contributed by atoms with van der Waals surface area (Å²) < 4.78 is 38.3. The third kappa shape index (κ3) is 4.13. The first-order chi connectivity index (χ1) is 9.77. The van der Waals surface area contributed by atoms with Crippen molar-refractivity contribution in [3.63, 3.8) is 0 Å². The molecular weight excluding hydrogens is 371 g/mol. The van der Waals surface area contributed by atoms with E-state index in [1.807, 2.05) is 0 Å². The van der Waals surface area contributed by atoms with Crippen molar-refractivity contribution in [2.75, 3.05) is 12.4 Å². The van der Waals surface area contributed by atoms with Crippen molar-refractivity contribution >= 4 is 33.4 Å². The molecule has 0 bridgehead atoms. The van der Waals surface area contributed by atoms with Crippen LogP contribution in [0, 0.1) is 5.41 Å². The first-order valence-corrected chi connectivity index (χ1v) is 7.81. The number of carbonyl (C=O) groups is 1. The number of benzene rings is 1. The van der Waals surface area contributed by atoms with Gasteiger partial charge in [-0.25, -0.2) is 0 Å². The van der Waals surface area contributed by atoms with Crippen LogP contribution in [0.4, 0.5) is 13.2 Å². The second-order valence-electron chi connectivity index (χ2n) is 5.31. The van der Waals surface area contributed by atoms with E-state index in [9.17, 15) is 18.0 Å². The number of halogens is 5. The van der Waals surface area contributed by atoms with Crippen LogP contribution in [0.15, 0.2) is 22.7 Å². The highest BCUT2D eigenvalue weighted by molar-refractivity contribution is 9.10. The van der Waals surface area contributed by atoms with Crippen LogP contribution in [0.3, 0.4) is 0 Å². The molecular formula is C14H14BrClF3NO. The summed E-state index contributed by atoms with van der Waals surface area (Å²) in [6, 6.07) is 3.47. The monoisotopic (exact) mass is 383 g/mol. The van der Waals surface area contributed by atoms with Crippen molar-refractivity contribution in [2.45, 2.75) is 25.4 Å². The summed E-state index contributed by atoms with van der Waals surface area (Å²) in [7, 11) is 0. The zero-order valence-corrected chi connectivity index (χ0v) is 13.4. The number of alkyl halides is 4. The summed E-state index contributed by atoms with van der Waals surface area (Å²) in [6.45, 7) is 0.454. The van der Waals surface area contributed by atoms with Crippen molar-refractivity contribution in [1.29, 1.82) is 0 Å². The molecule has 1 fully saturated rings. The SMILES string of the molecule is O=C(NCC1(CCCl)CC1)c1ccc(Br)c(C(F)(F)F)c1. The molecule has 0 unspecified atom stereocenters. The van der Waals surface area contributed by atoms with Crippen molar-refractivity contribution in [3.8, 4) is 0 Å². The van der Waals surface area contributed by atoms with Gasteiger partial charge < -0.3 is 5.32 Å². The number of nitrogens with one attached hydrogen (secondary N) is 1. The third-order valence-corrected chi connectivity index (χ3v) is 4.62. The molecule has 1 N–H and O–H groups in total. The van der Waals surface area contributed by atoms with Gasteiger partial charge in [0.2, 0.25) is 0 Å². The average Bonchev–Trinajstić information content (AvgIpc) is 3.16. The summed E-state index contributed by atoms with van der Waals surface area (Å²) in [5.41, 5.74) is -0.802. The Bertz CT molecular complexity index is 544. The van der Waals surface area contributed by atoms with Crippen LogP contribution >= 0.6 is 27.5 Å². The molecule has 0 radical (unpaired) electrons. The molecule has 2 rings (SSSR count). The second kappa shape index (κ2) is 6.16. The first kappa shape index (κ1) is 16.6. The molecule has 0 aromatic heterocycles. The van der Waals surface area contributed by atoms with Gasteiger partial charge >= 0.3 is 6.18 Å². The van der Waals surface area contributed by atoms with Gasteiger partial charge in [0.1, 0.15) is 0 Å². The van der Waals surface area contributed by atoms with E-state index in [2.05, 4.69) is 21.2 Å². The molecule has 0 atom stereocenters. The van der Waals surface area contributed by atoms with Crippen molar-refractivity contribution in [2.24, 2.45) is 5.41 Å². The molecule has 1 aromatic rings. The van der Waals surface area contributed by atoms with E-state index in [1.54, 1.807) is 0 Å². The summed E-state index contributed by atoms with van der Waals surface area (Å²) in [6.07, 6.45) is -1.70. The molecule has 21 heavy (non-hydrogen) atoms. The Morgan fingerprint density at radius 2 is 2.05 bits per heavy atom. The van der Waals surface area contributed by atoms with Gasteiger partial charge in [-0.2, -0.15) is 13.2 Å². The van der Waals surface area contributed by atoms with Gasteiger partial charge in [-0.15, -0.1) is 11.6 Å². The largest absolute Gasteiger partial charge is 0.417 e. The summed E-state index contributed by atoms with van der Waals surface area (Å²) in [5, 5.41) is 2.70. The van der Waals surface area contributed by atoms with Crippen LogP contribution in [0.2, 0.25) is 0 Å². The number of hydrogen-bond donors (Lipinski definition) is 1. The molecule has 1 aliphatic carbocycles. The molecule has 1 saturated carbocycles. The second-order valence-corrected chi connectivity index (χ2v) is 6.55. The molecule has 0 heterocycles. The minimum absolute atomic E-state index is 0.00667. The van der Waals surface area contributed by atoms with E-state index in [0.717, 1.165) is 25.3 Å². The molecule has 2 nitrogen and oxygen atoms in total. The lowest BCUT2D eigenvalue weighted by molar-refractivity contribution is -0.138. The van der Waals surface area contributed by atoms with E-state index in [-0.39, 0.29) is 15.5 Å². The molecule has 116 valence electrons. The Morgan fingerprint density at radius 1 is 1.38 bits per heavy atom. The minimum atomic E-state index is -4.49. The highest BCUT2D eigenvalue weighted by Crippen LogP contribution is 2.48. The lowest BCUT2D eigenvalue weighted by atomic mass is 10.0. The van der Waals surface area contributed by atoms with Gasteiger partial charge in [0, 0.05) is 22.5 Å². The van der Waals surface area contributed by atoms with Crippen LogP contribution in [0.1, 0.15) is 35.2 Å². The maximum Gasteiger partial charge on any atom is 0.417 e. The highest BCUT2D eigenvalue weighted by Gasteiger charge is 2.42. The third-order valence-electron chi connectivity index (χ3n) is 3.74. The lowest BCUT2D eigenvalue weighted by Crippen LogP contribution is -2.30. The maximum absolute atomic E-state index is 12.8. The van der Waals surface area contributed by atoms with Crippen molar-refractivity contribution < 1.29 is 18.0 Å². The predicted molar refractivity (Wildman–Crippen MR) is 78.5 cm³/mol. The standard InChI is InChI=1S/C14H14BrClF3NO/c15-11-2-1-9(7-10(11)14(17,18)19)12(21)20-8-13(3-4-13)5-6-16/h1-2,7H,3-6,8H2,(H,20,21). The molecule has 1 aliphatic rings. The molecule has 7 heteroatoms. The highest BCUT2D eigenvalue weighted by atomic mass is 79.9. The van der Waals surface area contributed by atoms with Gasteiger partial charge in [-0.3, -0.25) is 4.79 Å². The Kier molecular flexibility index (Phi) is 4.88. The van der Waals surface area contributed by atoms with E-state index in [4.69, 9.17) is 11.6 Å². The normalized spacial score (nSPS) is 16.6. The molecule has 0 spiro atoms. The van der Waals surface area contributed by atoms with E-state index in [0.29, 0.717) is 12.4 Å². The van der Waals surface area contributed by atoms with Gasteiger partial charge in [0.05, 0.1) is 5.56 Å². The molecule has 0 aliphatic heterocycles. The summed E-state index contributed by atoms with van der Waals surface area (Å²) in [4.78, 5) is 12.0. The van der Waals surface area contributed by atoms with Gasteiger partial charge in [-0.05, 0) is 42.9 Å². The van der Waals surface area contributed by atoms with E-state index in [1.165, 1.54) is 12.1 Å². The first-order valence-electron chi connectivity index (χ1n) is 6.48. The zero-order valence-electron chi connectivity index (χ0n) is 11.1. The van der Waals surface area contributed by atoms with E-state index < -0.39 is 17.6 Å². The fourth-order valence-electron chi connectivity index (χ4n) is 2.15. The van der Waals surface area contributed by atoms with Crippen molar-refractivity contribution in [3.05, 3.63) is 33.8 Å². The Labute approximate surface area is 134 Å². The summed E-state index contributed by atoms with van der Waals surface area (Å²) >= 11 is 8.55. The van der Waals surface area contributed by atoms with Crippen LogP contribution in [0.25, 0.3) is 0 Å². The lowest BCUT2D eigenvalue weighted by Gasteiger charge is -2.15. The fourth-order valence-corrected chi connectivity index (χ4v) is 3.02. The van der Waals surface area contributed by atoms with Crippen LogP contribution in [0.5, 0.6) is 0 Å². The fraction of sp³-hybridized carbons (Fsp3) is 0.500. The quantitative estimate of drug-likeness (QED) is 0.738. The van der Waals surface area contributed by atoms with Crippen LogP contribution in [-0.4, -0.2) is 18.3 Å². The number of amides is 1. The van der Waals surface area contributed by atoms with Crippen LogP contribution in [-0.2, 0) is 6.18 Å². The minimum Gasteiger partial charge on any atom is -0.351 e. The topological polar surface area (TPSA) is 29.1 Å². The molecule has 0 saturated heterocycles. The molecule has 1 amide bonds. The smallest absolute Gasteiger partial charge is 0.351 e. The predicted octanol–water partition coefficient (Wildman–Crippen LogP) is 4.61. The zero-order chi connectivity index (χ0) is 15.7. The number of hydrogen-bond acceptors (Lipinski definition) is 1. The Balaban J connectivity index is 2.06. The van der Waals surface area contributed by atoms with Gasteiger partial charge in [0.25, 0.3) is 5.91 Å². The van der Waals surface area contributed by atoms with Crippen LogP contribution < -0.4 is 5.32 Å².